The minimum absolute atomic E-state index is 0.0291. The van der Waals surface area contributed by atoms with E-state index in [2.05, 4.69) is 10.3 Å². The van der Waals surface area contributed by atoms with Crippen LogP contribution in [0.4, 0.5) is 5.13 Å². The fourth-order valence-corrected chi connectivity index (χ4v) is 4.04. The van der Waals surface area contributed by atoms with Crippen molar-refractivity contribution in [1.29, 1.82) is 0 Å². The Bertz CT molecular complexity index is 831. The number of nitrogens with one attached hydrogen (secondary N) is 1. The molecule has 3 aromatic rings. The number of benzene rings is 1. The standard InChI is InChI=1S/C18H18N2O2S2/c1-11-7-12(2)17(13(3)8-11)22-9-16(21)20-18-19-14(10-24-18)15-5-4-6-23-15/h4-8,10H,9H2,1-3H3,(H,19,20,21). The molecule has 0 aliphatic carbocycles. The summed E-state index contributed by atoms with van der Waals surface area (Å²) in [4.78, 5) is 17.6. The van der Waals surface area contributed by atoms with Crippen LogP contribution < -0.4 is 10.1 Å². The lowest BCUT2D eigenvalue weighted by molar-refractivity contribution is -0.118. The van der Waals surface area contributed by atoms with Crippen molar-refractivity contribution in [1.82, 2.24) is 4.98 Å². The number of ether oxygens (including phenoxy) is 1. The molecule has 0 spiro atoms. The van der Waals surface area contributed by atoms with Gasteiger partial charge in [0.05, 0.1) is 10.6 Å². The van der Waals surface area contributed by atoms with E-state index < -0.39 is 0 Å². The molecule has 0 aliphatic heterocycles. The van der Waals surface area contributed by atoms with E-state index in [0.29, 0.717) is 5.13 Å². The molecule has 0 bridgehead atoms. The number of carbonyl (C=O) groups is 1. The second kappa shape index (κ2) is 7.15. The third-order valence-electron chi connectivity index (χ3n) is 3.48. The van der Waals surface area contributed by atoms with Gasteiger partial charge in [-0.25, -0.2) is 4.98 Å². The molecule has 0 aliphatic rings. The predicted molar refractivity (Wildman–Crippen MR) is 100 cm³/mol. The number of nitrogens with zero attached hydrogens (tertiary/aromatic N) is 1. The zero-order valence-corrected chi connectivity index (χ0v) is 15.4. The van der Waals surface area contributed by atoms with Gasteiger partial charge in [0, 0.05) is 5.38 Å². The molecule has 0 radical (unpaired) electrons. The summed E-state index contributed by atoms with van der Waals surface area (Å²) in [6.45, 7) is 5.99. The smallest absolute Gasteiger partial charge is 0.264 e. The maximum absolute atomic E-state index is 12.1. The van der Waals surface area contributed by atoms with Crippen LogP contribution in [0.2, 0.25) is 0 Å². The first-order valence-corrected chi connectivity index (χ1v) is 9.29. The number of rotatable bonds is 5. The summed E-state index contributed by atoms with van der Waals surface area (Å²) in [7, 11) is 0. The number of aromatic nitrogens is 1. The second-order valence-corrected chi connectivity index (χ2v) is 7.39. The van der Waals surface area contributed by atoms with Gasteiger partial charge in [0.25, 0.3) is 5.91 Å². The molecule has 1 N–H and O–H groups in total. The van der Waals surface area contributed by atoms with Gasteiger partial charge in [-0.2, -0.15) is 0 Å². The van der Waals surface area contributed by atoms with E-state index in [0.717, 1.165) is 27.4 Å². The van der Waals surface area contributed by atoms with E-state index in [1.165, 1.54) is 16.9 Å². The normalized spacial score (nSPS) is 10.6. The first-order valence-electron chi connectivity index (χ1n) is 7.53. The van der Waals surface area contributed by atoms with E-state index in [4.69, 9.17) is 4.74 Å². The fourth-order valence-electron chi connectivity index (χ4n) is 2.56. The number of aryl methyl sites for hydroxylation is 3. The molecular formula is C18H18N2O2S2. The lowest BCUT2D eigenvalue weighted by atomic mass is 10.1. The molecule has 24 heavy (non-hydrogen) atoms. The largest absolute Gasteiger partial charge is 0.483 e. The molecule has 6 heteroatoms. The number of hydrogen-bond donors (Lipinski definition) is 1. The minimum atomic E-state index is -0.207. The van der Waals surface area contributed by atoms with Gasteiger partial charge in [0.1, 0.15) is 5.75 Å². The molecule has 4 nitrogen and oxygen atoms in total. The van der Waals surface area contributed by atoms with Crippen LogP contribution in [0.25, 0.3) is 10.6 Å². The van der Waals surface area contributed by atoms with Crippen molar-refractivity contribution in [2.75, 3.05) is 11.9 Å². The fraction of sp³-hybridized carbons (Fsp3) is 0.222. The van der Waals surface area contributed by atoms with E-state index in [-0.39, 0.29) is 12.5 Å². The highest BCUT2D eigenvalue weighted by Crippen LogP contribution is 2.28. The highest BCUT2D eigenvalue weighted by Gasteiger charge is 2.11. The topological polar surface area (TPSA) is 51.2 Å². The molecular weight excluding hydrogens is 340 g/mol. The first kappa shape index (κ1) is 16.7. The van der Waals surface area contributed by atoms with Gasteiger partial charge in [0.15, 0.2) is 11.7 Å². The van der Waals surface area contributed by atoms with Crippen molar-refractivity contribution in [3.8, 4) is 16.3 Å². The van der Waals surface area contributed by atoms with Crippen LogP contribution >= 0.6 is 22.7 Å². The van der Waals surface area contributed by atoms with Crippen molar-refractivity contribution >= 4 is 33.7 Å². The van der Waals surface area contributed by atoms with E-state index in [1.54, 1.807) is 11.3 Å². The van der Waals surface area contributed by atoms with Crippen LogP contribution in [0.15, 0.2) is 35.0 Å². The highest BCUT2D eigenvalue weighted by atomic mass is 32.1. The Morgan fingerprint density at radius 2 is 1.96 bits per heavy atom. The van der Waals surface area contributed by atoms with Crippen LogP contribution in [0.1, 0.15) is 16.7 Å². The summed E-state index contributed by atoms with van der Waals surface area (Å²) in [5, 5.41) is 7.33. The average Bonchev–Trinajstić information content (AvgIpc) is 3.16. The second-order valence-electron chi connectivity index (χ2n) is 5.58. The summed E-state index contributed by atoms with van der Waals surface area (Å²) < 4.78 is 5.70. The van der Waals surface area contributed by atoms with Crippen molar-refractivity contribution in [2.45, 2.75) is 20.8 Å². The third-order valence-corrected chi connectivity index (χ3v) is 5.13. The maximum atomic E-state index is 12.1. The van der Waals surface area contributed by atoms with Crippen molar-refractivity contribution < 1.29 is 9.53 Å². The van der Waals surface area contributed by atoms with Crippen molar-refractivity contribution in [3.05, 3.63) is 51.7 Å². The van der Waals surface area contributed by atoms with Gasteiger partial charge >= 0.3 is 0 Å². The molecule has 1 aromatic carbocycles. The first-order chi connectivity index (χ1) is 11.5. The number of thiophene rings is 1. The van der Waals surface area contributed by atoms with E-state index >= 15 is 0 Å². The van der Waals surface area contributed by atoms with Crippen LogP contribution in [0, 0.1) is 20.8 Å². The summed E-state index contributed by atoms with van der Waals surface area (Å²) in [5.41, 5.74) is 4.14. The Labute approximate surface area is 149 Å². The van der Waals surface area contributed by atoms with Gasteiger partial charge in [0.2, 0.25) is 0 Å². The molecule has 0 fully saturated rings. The van der Waals surface area contributed by atoms with E-state index in [9.17, 15) is 4.79 Å². The van der Waals surface area contributed by atoms with Gasteiger partial charge in [-0.05, 0) is 43.3 Å². The zero-order valence-electron chi connectivity index (χ0n) is 13.8. The van der Waals surface area contributed by atoms with E-state index in [1.807, 2.05) is 55.8 Å². The monoisotopic (exact) mass is 358 g/mol. The SMILES string of the molecule is Cc1cc(C)c(OCC(=O)Nc2nc(-c3cccs3)cs2)c(C)c1. The molecule has 2 aromatic heterocycles. The minimum Gasteiger partial charge on any atom is -0.483 e. The maximum Gasteiger partial charge on any atom is 0.264 e. The lowest BCUT2D eigenvalue weighted by Crippen LogP contribution is -2.20. The molecule has 2 heterocycles. The van der Waals surface area contributed by atoms with Crippen molar-refractivity contribution in [2.24, 2.45) is 0 Å². The van der Waals surface area contributed by atoms with Gasteiger partial charge in [-0.1, -0.05) is 23.8 Å². The number of thiazole rings is 1. The molecule has 3 rings (SSSR count). The quantitative estimate of drug-likeness (QED) is 0.712. The summed E-state index contributed by atoms with van der Waals surface area (Å²) in [6, 6.07) is 8.10. The Morgan fingerprint density at radius 1 is 1.21 bits per heavy atom. The Hall–Kier alpha value is -2.18. The highest BCUT2D eigenvalue weighted by molar-refractivity contribution is 7.16. The molecule has 0 unspecified atom stereocenters. The lowest BCUT2D eigenvalue weighted by Gasteiger charge is -2.12. The molecule has 0 atom stereocenters. The third kappa shape index (κ3) is 3.83. The number of carbonyl (C=O) groups excluding carboxylic acids is 1. The van der Waals surface area contributed by atoms with Crippen LogP contribution in [0.5, 0.6) is 5.75 Å². The molecule has 124 valence electrons. The predicted octanol–water partition coefficient (Wildman–Crippen LogP) is 4.81. The number of hydrogen-bond acceptors (Lipinski definition) is 5. The van der Waals surface area contributed by atoms with Crippen LogP contribution in [-0.2, 0) is 4.79 Å². The summed E-state index contributed by atoms with van der Waals surface area (Å²) >= 11 is 3.04. The number of anilines is 1. The molecule has 0 saturated heterocycles. The van der Waals surface area contributed by atoms with Crippen LogP contribution in [0.3, 0.4) is 0 Å². The zero-order chi connectivity index (χ0) is 17.1. The Balaban J connectivity index is 1.61. The summed E-state index contributed by atoms with van der Waals surface area (Å²) in [5.74, 6) is 0.565. The van der Waals surface area contributed by atoms with Crippen LogP contribution in [-0.4, -0.2) is 17.5 Å². The Kier molecular flexibility index (Phi) is 4.97. The molecule has 1 amide bonds. The molecule has 0 saturated carbocycles. The summed E-state index contributed by atoms with van der Waals surface area (Å²) in [6.07, 6.45) is 0. The average molecular weight is 358 g/mol. The van der Waals surface area contributed by atoms with Gasteiger partial charge in [-0.15, -0.1) is 22.7 Å². The number of amides is 1. The Morgan fingerprint density at radius 3 is 2.62 bits per heavy atom. The van der Waals surface area contributed by atoms with Gasteiger partial charge < -0.3 is 4.74 Å². The van der Waals surface area contributed by atoms with Crippen molar-refractivity contribution in [3.63, 3.8) is 0 Å². The van der Waals surface area contributed by atoms with Gasteiger partial charge in [-0.3, -0.25) is 10.1 Å².